The van der Waals surface area contributed by atoms with Crippen molar-refractivity contribution in [2.75, 3.05) is 20.8 Å². The zero-order valence-electron chi connectivity index (χ0n) is 13.3. The largest absolute Gasteiger partial charge is 0.497 e. The Kier molecular flexibility index (Phi) is 5.26. The van der Waals surface area contributed by atoms with Crippen LogP contribution >= 0.6 is 11.3 Å². The molecule has 0 aliphatic rings. The number of ether oxygens (including phenoxy) is 2. The lowest BCUT2D eigenvalue weighted by Gasteiger charge is -2.21. The Morgan fingerprint density at radius 2 is 1.86 bits per heavy atom. The van der Waals surface area contributed by atoms with Crippen molar-refractivity contribution in [3.8, 4) is 11.5 Å². The second-order valence-corrected chi connectivity index (χ2v) is 6.43. The van der Waals surface area contributed by atoms with Gasteiger partial charge in [0.05, 0.1) is 20.3 Å². The Balaban J connectivity index is 2.50. The molecule has 0 radical (unpaired) electrons. The van der Waals surface area contributed by atoms with Crippen molar-refractivity contribution in [2.45, 2.75) is 26.8 Å². The summed E-state index contributed by atoms with van der Waals surface area (Å²) in [5.41, 5.74) is 2.46. The van der Waals surface area contributed by atoms with E-state index in [4.69, 9.17) is 9.47 Å². The van der Waals surface area contributed by atoms with Crippen LogP contribution in [0.1, 0.15) is 33.8 Å². The smallest absolute Gasteiger partial charge is 0.127 e. The fourth-order valence-corrected chi connectivity index (χ4v) is 3.55. The molecule has 0 aliphatic carbocycles. The first-order valence-electron chi connectivity index (χ1n) is 7.13. The molecule has 21 heavy (non-hydrogen) atoms. The third-order valence-corrected chi connectivity index (χ3v) is 4.53. The predicted molar refractivity (Wildman–Crippen MR) is 88.9 cm³/mol. The summed E-state index contributed by atoms with van der Waals surface area (Å²) in [5.74, 6) is 1.66. The summed E-state index contributed by atoms with van der Waals surface area (Å²) >= 11 is 1.83. The van der Waals surface area contributed by atoms with Crippen molar-refractivity contribution in [3.05, 3.63) is 45.1 Å². The van der Waals surface area contributed by atoms with Gasteiger partial charge in [-0.2, -0.15) is 0 Å². The molecule has 1 aromatic carbocycles. The highest BCUT2D eigenvalue weighted by molar-refractivity contribution is 7.12. The minimum atomic E-state index is 0.140. The molecule has 0 bridgehead atoms. The van der Waals surface area contributed by atoms with Crippen LogP contribution in [0.25, 0.3) is 0 Å². The van der Waals surface area contributed by atoms with E-state index in [0.29, 0.717) is 0 Å². The van der Waals surface area contributed by atoms with Gasteiger partial charge in [-0.15, -0.1) is 11.3 Å². The molecule has 2 aromatic rings. The van der Waals surface area contributed by atoms with E-state index in [1.54, 1.807) is 14.2 Å². The fourth-order valence-electron chi connectivity index (χ4n) is 2.59. The molecule has 1 unspecified atom stereocenters. The normalized spacial score (nSPS) is 12.2. The molecular formula is C17H23NO2S. The Morgan fingerprint density at radius 3 is 2.38 bits per heavy atom. The van der Waals surface area contributed by atoms with Crippen LogP contribution in [0.5, 0.6) is 11.5 Å². The molecule has 0 aliphatic heterocycles. The van der Waals surface area contributed by atoms with E-state index in [9.17, 15) is 0 Å². The van der Waals surface area contributed by atoms with Crippen LogP contribution in [0.2, 0.25) is 0 Å². The molecule has 0 saturated carbocycles. The number of aryl methyl sites for hydroxylation is 2. The number of methoxy groups -OCH3 is 2. The Morgan fingerprint density at radius 1 is 1.10 bits per heavy atom. The van der Waals surface area contributed by atoms with Crippen LogP contribution in [0.15, 0.2) is 24.3 Å². The van der Waals surface area contributed by atoms with E-state index < -0.39 is 0 Å². The van der Waals surface area contributed by atoms with Crippen molar-refractivity contribution in [1.82, 2.24) is 5.32 Å². The highest BCUT2D eigenvalue weighted by Crippen LogP contribution is 2.36. The maximum atomic E-state index is 5.57. The Labute approximate surface area is 130 Å². The van der Waals surface area contributed by atoms with E-state index >= 15 is 0 Å². The Bertz CT molecular complexity index is 607. The number of thiophene rings is 1. The average Bonchev–Trinajstić information content (AvgIpc) is 2.82. The first kappa shape index (κ1) is 15.9. The summed E-state index contributed by atoms with van der Waals surface area (Å²) in [6, 6.07) is 8.40. The molecule has 1 aromatic heterocycles. The SMILES string of the molecule is CCNC(c1ccc(OC)cc1OC)c1cc(C)sc1C. The van der Waals surface area contributed by atoms with Crippen LogP contribution in [-0.4, -0.2) is 20.8 Å². The number of benzene rings is 1. The molecular weight excluding hydrogens is 282 g/mol. The van der Waals surface area contributed by atoms with Crippen molar-refractivity contribution in [3.63, 3.8) is 0 Å². The van der Waals surface area contributed by atoms with E-state index in [2.05, 4.69) is 38.2 Å². The second-order valence-electron chi connectivity index (χ2n) is 4.97. The number of nitrogens with one attached hydrogen (secondary N) is 1. The standard InChI is InChI=1S/C17H23NO2S/c1-6-18-17(15-9-11(2)21-12(15)3)14-8-7-13(19-4)10-16(14)20-5/h7-10,17-18H,6H2,1-5H3. The molecule has 1 N–H and O–H groups in total. The summed E-state index contributed by atoms with van der Waals surface area (Å²) < 4.78 is 10.9. The van der Waals surface area contributed by atoms with Gasteiger partial charge < -0.3 is 14.8 Å². The average molecular weight is 305 g/mol. The van der Waals surface area contributed by atoms with Crippen molar-refractivity contribution >= 4 is 11.3 Å². The number of hydrogen-bond donors (Lipinski definition) is 1. The first-order valence-corrected chi connectivity index (χ1v) is 7.94. The summed E-state index contributed by atoms with van der Waals surface area (Å²) in [4.78, 5) is 2.68. The van der Waals surface area contributed by atoms with Gasteiger partial charge in [-0.3, -0.25) is 0 Å². The van der Waals surface area contributed by atoms with Crippen LogP contribution in [0.3, 0.4) is 0 Å². The minimum absolute atomic E-state index is 0.140. The van der Waals surface area contributed by atoms with Gasteiger partial charge in [0, 0.05) is 21.4 Å². The van der Waals surface area contributed by atoms with Gasteiger partial charge in [-0.05, 0) is 44.2 Å². The molecule has 1 atom stereocenters. The summed E-state index contributed by atoms with van der Waals surface area (Å²) in [5, 5.41) is 3.57. The lowest BCUT2D eigenvalue weighted by atomic mass is 9.97. The highest BCUT2D eigenvalue weighted by atomic mass is 32.1. The lowest BCUT2D eigenvalue weighted by molar-refractivity contribution is 0.387. The minimum Gasteiger partial charge on any atom is -0.497 e. The highest BCUT2D eigenvalue weighted by Gasteiger charge is 2.21. The summed E-state index contributed by atoms with van der Waals surface area (Å²) in [6.07, 6.45) is 0. The monoisotopic (exact) mass is 305 g/mol. The lowest BCUT2D eigenvalue weighted by Crippen LogP contribution is -2.22. The van der Waals surface area contributed by atoms with Gasteiger partial charge in [0.15, 0.2) is 0 Å². The van der Waals surface area contributed by atoms with E-state index in [0.717, 1.165) is 23.6 Å². The van der Waals surface area contributed by atoms with E-state index in [1.165, 1.54) is 15.3 Å². The van der Waals surface area contributed by atoms with Crippen LogP contribution < -0.4 is 14.8 Å². The Hall–Kier alpha value is -1.52. The predicted octanol–water partition coefficient (Wildman–Crippen LogP) is 4.08. The van der Waals surface area contributed by atoms with Gasteiger partial charge in [0.25, 0.3) is 0 Å². The van der Waals surface area contributed by atoms with Gasteiger partial charge in [-0.25, -0.2) is 0 Å². The maximum Gasteiger partial charge on any atom is 0.127 e. The summed E-state index contributed by atoms with van der Waals surface area (Å²) in [7, 11) is 3.37. The number of hydrogen-bond acceptors (Lipinski definition) is 4. The van der Waals surface area contributed by atoms with Crippen LogP contribution in [0.4, 0.5) is 0 Å². The third kappa shape index (κ3) is 3.39. The van der Waals surface area contributed by atoms with E-state index in [-0.39, 0.29) is 6.04 Å². The molecule has 4 heteroatoms. The maximum absolute atomic E-state index is 5.57. The molecule has 3 nitrogen and oxygen atoms in total. The number of rotatable bonds is 6. The molecule has 0 spiro atoms. The molecule has 2 rings (SSSR count). The van der Waals surface area contributed by atoms with Crippen LogP contribution in [-0.2, 0) is 0 Å². The molecule has 0 amide bonds. The molecule has 114 valence electrons. The zero-order chi connectivity index (χ0) is 15.4. The molecule has 1 heterocycles. The van der Waals surface area contributed by atoms with Gasteiger partial charge in [0.1, 0.15) is 11.5 Å². The van der Waals surface area contributed by atoms with Crippen molar-refractivity contribution in [1.29, 1.82) is 0 Å². The van der Waals surface area contributed by atoms with Gasteiger partial charge >= 0.3 is 0 Å². The quantitative estimate of drug-likeness (QED) is 0.872. The molecule has 0 saturated heterocycles. The zero-order valence-corrected chi connectivity index (χ0v) is 14.1. The first-order chi connectivity index (χ1) is 10.1. The fraction of sp³-hybridized carbons (Fsp3) is 0.412. The van der Waals surface area contributed by atoms with Crippen LogP contribution in [0, 0.1) is 13.8 Å². The van der Waals surface area contributed by atoms with E-state index in [1.807, 2.05) is 23.5 Å². The summed E-state index contributed by atoms with van der Waals surface area (Å²) in [6.45, 7) is 7.34. The third-order valence-electron chi connectivity index (χ3n) is 3.55. The van der Waals surface area contributed by atoms with Crippen molar-refractivity contribution in [2.24, 2.45) is 0 Å². The topological polar surface area (TPSA) is 30.5 Å². The second kappa shape index (κ2) is 6.96. The van der Waals surface area contributed by atoms with Gasteiger partial charge in [0.2, 0.25) is 0 Å². The molecule has 0 fully saturated rings. The van der Waals surface area contributed by atoms with Gasteiger partial charge in [-0.1, -0.05) is 6.92 Å². The van der Waals surface area contributed by atoms with Crippen molar-refractivity contribution < 1.29 is 9.47 Å².